The van der Waals surface area contributed by atoms with Crippen LogP contribution in [-0.2, 0) is 0 Å². The van der Waals surface area contributed by atoms with Crippen molar-refractivity contribution in [2.75, 3.05) is 26.2 Å². The van der Waals surface area contributed by atoms with Crippen molar-refractivity contribution in [1.29, 1.82) is 0 Å². The fourth-order valence-electron chi connectivity index (χ4n) is 2.73. The third kappa shape index (κ3) is 8.40. The molecule has 0 aliphatic carbocycles. The number of hydrogen-bond donors (Lipinski definition) is 1. The van der Waals surface area contributed by atoms with Crippen molar-refractivity contribution in [1.82, 2.24) is 10.2 Å². The summed E-state index contributed by atoms with van der Waals surface area (Å²) in [4.78, 5) is 1.99. The number of piperazine rings is 1. The van der Waals surface area contributed by atoms with E-state index in [1.54, 1.807) is 12.1 Å². The molecule has 0 saturated carbocycles. The van der Waals surface area contributed by atoms with E-state index in [9.17, 15) is 22.0 Å². The maximum absolute atomic E-state index is 12.6. The number of nitrogens with one attached hydrogen (secondary N) is 1. The second-order valence-electron chi connectivity index (χ2n) is 5.40. The molecule has 0 unspecified atom stereocenters. The third-order valence-corrected chi connectivity index (χ3v) is 3.78. The maximum atomic E-state index is 12.6. The molecular weight excluding hydrogens is 390 g/mol. The molecule has 1 atom stereocenters. The average molecular weight is 411 g/mol. The standard InChI is InChI=1S/C15H19F5N2O.2ClH/c16-14(17)23-12-3-1-11(2-4-12)13(5-6-15(18,19)20)22-9-7-21-8-10-22;;/h1-4,13-14,21H,5-10H2;2*1H/t13-;;/m0../s1. The highest BCUT2D eigenvalue weighted by Gasteiger charge is 2.31. The summed E-state index contributed by atoms with van der Waals surface area (Å²) in [6.07, 6.45) is -5.15. The summed E-state index contributed by atoms with van der Waals surface area (Å²) in [6.45, 7) is -0.185. The lowest BCUT2D eigenvalue weighted by Gasteiger charge is -2.35. The zero-order valence-corrected chi connectivity index (χ0v) is 14.9. The van der Waals surface area contributed by atoms with Crippen LogP contribution in [0.15, 0.2) is 24.3 Å². The number of benzene rings is 1. The van der Waals surface area contributed by atoms with Crippen LogP contribution >= 0.6 is 24.8 Å². The number of ether oxygens (including phenoxy) is 1. The van der Waals surface area contributed by atoms with E-state index in [0.717, 1.165) is 13.1 Å². The molecular formula is C15H21Cl2F5N2O. The van der Waals surface area contributed by atoms with Gasteiger partial charge in [-0.05, 0) is 24.1 Å². The van der Waals surface area contributed by atoms with Gasteiger partial charge in [0.2, 0.25) is 0 Å². The number of hydrogen-bond acceptors (Lipinski definition) is 3. The number of alkyl halides is 5. The molecule has 1 aliphatic rings. The lowest BCUT2D eigenvalue weighted by molar-refractivity contribution is -0.138. The van der Waals surface area contributed by atoms with E-state index in [2.05, 4.69) is 10.1 Å². The van der Waals surface area contributed by atoms with Crippen LogP contribution in [0.4, 0.5) is 22.0 Å². The first-order valence-electron chi connectivity index (χ1n) is 7.41. The molecule has 0 amide bonds. The van der Waals surface area contributed by atoms with Gasteiger partial charge in [0, 0.05) is 38.6 Å². The predicted octanol–water partition coefficient (Wildman–Crippen LogP) is 4.42. The summed E-state index contributed by atoms with van der Waals surface area (Å²) in [7, 11) is 0. The minimum Gasteiger partial charge on any atom is -0.435 e. The molecule has 25 heavy (non-hydrogen) atoms. The molecule has 1 aliphatic heterocycles. The summed E-state index contributed by atoms with van der Waals surface area (Å²) >= 11 is 0. The molecule has 3 nitrogen and oxygen atoms in total. The fraction of sp³-hybridized carbons (Fsp3) is 0.600. The molecule has 1 heterocycles. The van der Waals surface area contributed by atoms with Gasteiger partial charge in [0.1, 0.15) is 5.75 Å². The second-order valence-corrected chi connectivity index (χ2v) is 5.40. The Bertz CT molecular complexity index is 482. The molecule has 1 fully saturated rings. The third-order valence-electron chi connectivity index (χ3n) is 3.78. The molecule has 2 rings (SSSR count). The van der Waals surface area contributed by atoms with Crippen LogP contribution in [0.1, 0.15) is 24.4 Å². The van der Waals surface area contributed by atoms with Gasteiger partial charge in [-0.2, -0.15) is 22.0 Å². The average Bonchev–Trinajstić information content (AvgIpc) is 2.48. The van der Waals surface area contributed by atoms with E-state index >= 15 is 0 Å². The molecule has 1 aromatic rings. The van der Waals surface area contributed by atoms with Crippen LogP contribution in [0.25, 0.3) is 0 Å². The molecule has 0 aromatic heterocycles. The summed E-state index contributed by atoms with van der Waals surface area (Å²) in [6, 6.07) is 5.45. The molecule has 1 saturated heterocycles. The van der Waals surface area contributed by atoms with Gasteiger partial charge < -0.3 is 10.1 Å². The predicted molar refractivity (Wildman–Crippen MR) is 90.0 cm³/mol. The van der Waals surface area contributed by atoms with Crippen molar-refractivity contribution < 1.29 is 26.7 Å². The van der Waals surface area contributed by atoms with Crippen molar-refractivity contribution in [2.45, 2.75) is 31.7 Å². The highest BCUT2D eigenvalue weighted by Crippen LogP contribution is 2.32. The van der Waals surface area contributed by atoms with E-state index < -0.39 is 19.2 Å². The Hall–Kier alpha value is -0.830. The van der Waals surface area contributed by atoms with Gasteiger partial charge in [-0.3, -0.25) is 4.90 Å². The van der Waals surface area contributed by atoms with Gasteiger partial charge in [0.05, 0.1) is 0 Å². The van der Waals surface area contributed by atoms with E-state index in [4.69, 9.17) is 0 Å². The molecule has 1 N–H and O–H groups in total. The number of rotatable bonds is 6. The Morgan fingerprint density at radius 2 is 1.60 bits per heavy atom. The smallest absolute Gasteiger partial charge is 0.389 e. The topological polar surface area (TPSA) is 24.5 Å². The van der Waals surface area contributed by atoms with Gasteiger partial charge >= 0.3 is 12.8 Å². The first-order chi connectivity index (χ1) is 10.8. The zero-order chi connectivity index (χ0) is 16.9. The highest BCUT2D eigenvalue weighted by atomic mass is 35.5. The monoisotopic (exact) mass is 410 g/mol. The summed E-state index contributed by atoms with van der Waals surface area (Å²) in [5.74, 6) is -0.00127. The number of nitrogens with zero attached hydrogens (tertiary/aromatic N) is 1. The summed E-state index contributed by atoms with van der Waals surface area (Å²) < 4.78 is 66.3. The molecule has 146 valence electrons. The van der Waals surface area contributed by atoms with Gasteiger partial charge in [-0.15, -0.1) is 24.8 Å². The maximum Gasteiger partial charge on any atom is 0.389 e. The molecule has 0 bridgehead atoms. The van der Waals surface area contributed by atoms with Crippen molar-refractivity contribution in [3.63, 3.8) is 0 Å². The Kier molecular flexibility index (Phi) is 10.6. The summed E-state index contributed by atoms with van der Waals surface area (Å²) in [5.41, 5.74) is 0.678. The summed E-state index contributed by atoms with van der Waals surface area (Å²) in [5, 5.41) is 3.16. The quantitative estimate of drug-likeness (QED) is 0.702. The van der Waals surface area contributed by atoms with Crippen molar-refractivity contribution in [3.05, 3.63) is 29.8 Å². The fourth-order valence-corrected chi connectivity index (χ4v) is 2.73. The van der Waals surface area contributed by atoms with E-state index in [1.807, 2.05) is 4.90 Å². The van der Waals surface area contributed by atoms with Gasteiger partial charge in [-0.1, -0.05) is 12.1 Å². The van der Waals surface area contributed by atoms with Crippen LogP contribution in [0, 0.1) is 0 Å². The normalized spacial score (nSPS) is 16.7. The van der Waals surface area contributed by atoms with E-state index in [1.165, 1.54) is 12.1 Å². The van der Waals surface area contributed by atoms with Crippen molar-refractivity contribution in [3.8, 4) is 5.75 Å². The van der Waals surface area contributed by atoms with Crippen molar-refractivity contribution in [2.24, 2.45) is 0 Å². The first kappa shape index (κ1) is 24.2. The van der Waals surface area contributed by atoms with Crippen LogP contribution in [-0.4, -0.2) is 43.9 Å². The highest BCUT2D eigenvalue weighted by molar-refractivity contribution is 5.85. The lowest BCUT2D eigenvalue weighted by atomic mass is 9.99. The minimum atomic E-state index is -4.22. The molecule has 1 aromatic carbocycles. The van der Waals surface area contributed by atoms with Gasteiger partial charge in [-0.25, -0.2) is 0 Å². The van der Waals surface area contributed by atoms with Gasteiger partial charge in [0.15, 0.2) is 0 Å². The molecule has 0 radical (unpaired) electrons. The number of halogens is 7. The lowest BCUT2D eigenvalue weighted by Crippen LogP contribution is -2.45. The van der Waals surface area contributed by atoms with E-state index in [-0.39, 0.29) is 43.0 Å². The van der Waals surface area contributed by atoms with Crippen LogP contribution < -0.4 is 10.1 Å². The largest absolute Gasteiger partial charge is 0.435 e. The van der Waals surface area contributed by atoms with E-state index in [0.29, 0.717) is 18.7 Å². The molecule has 10 heteroatoms. The van der Waals surface area contributed by atoms with Crippen LogP contribution in [0.3, 0.4) is 0 Å². The Labute approximate surface area is 155 Å². The van der Waals surface area contributed by atoms with Gasteiger partial charge in [0.25, 0.3) is 0 Å². The van der Waals surface area contributed by atoms with Crippen LogP contribution in [0.2, 0.25) is 0 Å². The minimum absolute atomic E-state index is 0. The zero-order valence-electron chi connectivity index (χ0n) is 13.3. The Morgan fingerprint density at radius 1 is 1.04 bits per heavy atom. The van der Waals surface area contributed by atoms with Crippen molar-refractivity contribution >= 4 is 24.8 Å². The Morgan fingerprint density at radius 3 is 2.08 bits per heavy atom. The first-order valence-corrected chi connectivity index (χ1v) is 7.41. The SMILES string of the molecule is Cl.Cl.FC(F)Oc1ccc([C@H](CCC(F)(F)F)N2CCNCC2)cc1. The van der Waals surface area contributed by atoms with Crippen LogP contribution in [0.5, 0.6) is 5.75 Å². The Balaban J connectivity index is 0.00000288. The molecule has 0 spiro atoms. The second kappa shape index (κ2) is 11.0.